The molecule has 1 atom stereocenters. The summed E-state index contributed by atoms with van der Waals surface area (Å²) in [6, 6.07) is 0. The Morgan fingerprint density at radius 3 is 2.67 bits per heavy atom. The van der Waals surface area contributed by atoms with Gasteiger partial charge in [0.05, 0.1) is 19.3 Å². The second kappa shape index (κ2) is 3.87. The van der Waals surface area contributed by atoms with E-state index in [4.69, 9.17) is 4.74 Å². The molecule has 0 aromatic heterocycles. The maximum Gasteiger partial charge on any atom is 0.305 e. The van der Waals surface area contributed by atoms with Gasteiger partial charge in [-0.3, -0.25) is 4.79 Å². The van der Waals surface area contributed by atoms with Gasteiger partial charge in [-0.2, -0.15) is 0 Å². The lowest BCUT2D eigenvalue weighted by atomic mass is 10.1. The van der Waals surface area contributed by atoms with Crippen LogP contribution in [0.5, 0.6) is 0 Å². The highest BCUT2D eigenvalue weighted by molar-refractivity contribution is 5.69. The molecule has 0 aromatic rings. The number of carbonyl (C=O) groups is 1. The summed E-state index contributed by atoms with van der Waals surface area (Å²) in [5, 5.41) is 3.20. The van der Waals surface area contributed by atoms with Crippen LogP contribution in [0.1, 0.15) is 12.8 Å². The van der Waals surface area contributed by atoms with Crippen LogP contribution in [0.3, 0.4) is 0 Å². The molecule has 1 aliphatic heterocycles. The fourth-order valence-electron chi connectivity index (χ4n) is 1.20. The van der Waals surface area contributed by atoms with Crippen LogP contribution in [0, 0.1) is 0 Å². The van der Waals surface area contributed by atoms with Gasteiger partial charge in [-0.05, 0) is 6.42 Å². The van der Waals surface area contributed by atoms with Gasteiger partial charge in [0, 0.05) is 20.1 Å². The third kappa shape index (κ3) is 2.46. The smallest absolute Gasteiger partial charge is 0.305 e. The average Bonchev–Trinajstić information content (AvgIpc) is 2.82. The van der Waals surface area contributed by atoms with Crippen LogP contribution in [-0.4, -0.2) is 38.9 Å². The van der Waals surface area contributed by atoms with E-state index in [9.17, 15) is 4.79 Å². The summed E-state index contributed by atoms with van der Waals surface area (Å²) in [4.78, 5) is 10.8. The minimum absolute atomic E-state index is 0.0585. The number of hydrogen-bond acceptors (Lipinski definition) is 4. The van der Waals surface area contributed by atoms with E-state index < -0.39 is 0 Å². The molecule has 0 aromatic carbocycles. The lowest BCUT2D eigenvalue weighted by molar-refractivity contribution is -0.140. The van der Waals surface area contributed by atoms with Gasteiger partial charge in [0.2, 0.25) is 0 Å². The van der Waals surface area contributed by atoms with Gasteiger partial charge in [0.1, 0.15) is 0 Å². The van der Waals surface area contributed by atoms with Gasteiger partial charge < -0.3 is 14.8 Å². The molecule has 0 saturated carbocycles. The van der Waals surface area contributed by atoms with Crippen LogP contribution in [0.15, 0.2) is 0 Å². The number of methoxy groups -OCH3 is 2. The zero-order valence-electron chi connectivity index (χ0n) is 7.55. The lowest BCUT2D eigenvalue weighted by Crippen LogP contribution is -2.23. The Kier molecular flexibility index (Phi) is 3.05. The summed E-state index contributed by atoms with van der Waals surface area (Å²) in [6.07, 6.45) is 1.26. The number of hydrogen-bond donors (Lipinski definition) is 1. The fourth-order valence-corrected chi connectivity index (χ4v) is 1.20. The minimum atomic E-state index is -0.154. The quantitative estimate of drug-likeness (QED) is 0.467. The zero-order valence-corrected chi connectivity index (χ0v) is 7.55. The van der Waals surface area contributed by atoms with Crippen molar-refractivity contribution in [2.75, 3.05) is 27.4 Å². The largest absolute Gasteiger partial charge is 0.469 e. The standard InChI is InChI=1S/C8H15NO3/c1-11-6-8(5-9-8)4-3-7(10)12-2/h9H,3-6H2,1-2H3. The molecule has 1 saturated heterocycles. The third-order valence-electron chi connectivity index (χ3n) is 2.13. The molecule has 1 N–H and O–H groups in total. The SMILES string of the molecule is COCC1(CCC(=O)OC)CN1. The topological polar surface area (TPSA) is 57.5 Å². The molecule has 0 amide bonds. The van der Waals surface area contributed by atoms with E-state index >= 15 is 0 Å². The molecule has 1 aliphatic rings. The predicted octanol–water partition coefficient (Wildman–Crippen LogP) is -0.0720. The summed E-state index contributed by atoms with van der Waals surface area (Å²) < 4.78 is 9.56. The first-order valence-corrected chi connectivity index (χ1v) is 4.03. The number of ether oxygens (including phenoxy) is 2. The maximum atomic E-state index is 10.8. The Morgan fingerprint density at radius 2 is 2.25 bits per heavy atom. The molecule has 1 unspecified atom stereocenters. The van der Waals surface area contributed by atoms with E-state index in [2.05, 4.69) is 10.1 Å². The van der Waals surface area contributed by atoms with Crippen LogP contribution >= 0.6 is 0 Å². The summed E-state index contributed by atoms with van der Waals surface area (Å²) in [6.45, 7) is 1.61. The minimum Gasteiger partial charge on any atom is -0.469 e. The van der Waals surface area contributed by atoms with Crippen LogP contribution < -0.4 is 5.32 Å². The van der Waals surface area contributed by atoms with Crippen molar-refractivity contribution >= 4 is 5.97 Å². The van der Waals surface area contributed by atoms with Crippen molar-refractivity contribution in [1.29, 1.82) is 0 Å². The molecular formula is C8H15NO3. The molecule has 1 rings (SSSR count). The van der Waals surface area contributed by atoms with Crippen molar-refractivity contribution < 1.29 is 14.3 Å². The van der Waals surface area contributed by atoms with Crippen molar-refractivity contribution in [3.8, 4) is 0 Å². The van der Waals surface area contributed by atoms with Crippen molar-refractivity contribution in [1.82, 2.24) is 5.32 Å². The second-order valence-corrected chi connectivity index (χ2v) is 3.14. The summed E-state index contributed by atoms with van der Waals surface area (Å²) in [7, 11) is 3.07. The molecule has 0 aliphatic carbocycles. The summed E-state index contributed by atoms with van der Waals surface area (Å²) >= 11 is 0. The highest BCUT2D eigenvalue weighted by Crippen LogP contribution is 2.23. The van der Waals surface area contributed by atoms with Crippen molar-refractivity contribution in [3.63, 3.8) is 0 Å². The molecule has 12 heavy (non-hydrogen) atoms. The Hall–Kier alpha value is -0.610. The Labute approximate surface area is 72.2 Å². The summed E-state index contributed by atoms with van der Waals surface area (Å²) in [5.41, 5.74) is 0.0585. The maximum absolute atomic E-state index is 10.8. The highest BCUT2D eigenvalue weighted by Gasteiger charge is 2.41. The van der Waals surface area contributed by atoms with Gasteiger partial charge >= 0.3 is 5.97 Å². The number of carbonyl (C=O) groups excluding carboxylic acids is 1. The van der Waals surface area contributed by atoms with E-state index in [1.54, 1.807) is 7.11 Å². The number of rotatable bonds is 5. The molecule has 4 nitrogen and oxygen atoms in total. The monoisotopic (exact) mass is 173 g/mol. The number of nitrogens with one attached hydrogen (secondary N) is 1. The van der Waals surface area contributed by atoms with E-state index in [0.717, 1.165) is 13.0 Å². The molecule has 1 fully saturated rings. The normalized spacial score (nSPS) is 26.8. The van der Waals surface area contributed by atoms with E-state index in [1.807, 2.05) is 0 Å². The Morgan fingerprint density at radius 1 is 1.58 bits per heavy atom. The van der Waals surface area contributed by atoms with Gasteiger partial charge in [-0.25, -0.2) is 0 Å². The first-order valence-electron chi connectivity index (χ1n) is 4.03. The first kappa shape index (κ1) is 9.48. The first-order chi connectivity index (χ1) is 5.72. The van der Waals surface area contributed by atoms with E-state index in [0.29, 0.717) is 13.0 Å². The molecule has 1 heterocycles. The fraction of sp³-hybridized carbons (Fsp3) is 0.875. The van der Waals surface area contributed by atoms with Gasteiger partial charge in [0.25, 0.3) is 0 Å². The molecule has 4 heteroatoms. The van der Waals surface area contributed by atoms with Crippen molar-refractivity contribution in [2.45, 2.75) is 18.4 Å². The third-order valence-corrected chi connectivity index (χ3v) is 2.13. The van der Waals surface area contributed by atoms with Crippen LogP contribution in [0.2, 0.25) is 0 Å². The highest BCUT2D eigenvalue weighted by atomic mass is 16.5. The van der Waals surface area contributed by atoms with Crippen LogP contribution in [0.4, 0.5) is 0 Å². The Balaban J connectivity index is 2.17. The molecule has 0 spiro atoms. The average molecular weight is 173 g/mol. The number of esters is 1. The molecule has 0 bridgehead atoms. The van der Waals surface area contributed by atoms with Crippen molar-refractivity contribution in [2.24, 2.45) is 0 Å². The van der Waals surface area contributed by atoms with Crippen molar-refractivity contribution in [3.05, 3.63) is 0 Å². The van der Waals surface area contributed by atoms with E-state index in [1.165, 1.54) is 7.11 Å². The predicted molar refractivity (Wildman–Crippen MR) is 43.9 cm³/mol. The summed E-state index contributed by atoms with van der Waals surface area (Å²) in [5.74, 6) is -0.154. The van der Waals surface area contributed by atoms with E-state index in [-0.39, 0.29) is 11.5 Å². The van der Waals surface area contributed by atoms with Crippen LogP contribution in [0.25, 0.3) is 0 Å². The molecule has 70 valence electrons. The van der Waals surface area contributed by atoms with Gasteiger partial charge in [0.15, 0.2) is 0 Å². The van der Waals surface area contributed by atoms with Crippen LogP contribution in [-0.2, 0) is 14.3 Å². The molecular weight excluding hydrogens is 158 g/mol. The van der Waals surface area contributed by atoms with Gasteiger partial charge in [-0.15, -0.1) is 0 Å². The molecule has 0 radical (unpaired) electrons. The Bertz CT molecular complexity index is 166. The lowest BCUT2D eigenvalue weighted by Gasteiger charge is -2.10. The second-order valence-electron chi connectivity index (χ2n) is 3.14. The zero-order chi connectivity index (χ0) is 9.03. The van der Waals surface area contributed by atoms with Gasteiger partial charge in [-0.1, -0.05) is 0 Å².